The number of ether oxygens (including phenoxy) is 1. The Balaban J connectivity index is 1.41. The summed E-state index contributed by atoms with van der Waals surface area (Å²) in [5.41, 5.74) is 3.63. The van der Waals surface area contributed by atoms with Crippen molar-refractivity contribution >= 4 is 28.8 Å². The predicted molar refractivity (Wildman–Crippen MR) is 124 cm³/mol. The van der Waals surface area contributed by atoms with Crippen LogP contribution in [-0.4, -0.2) is 33.7 Å². The van der Waals surface area contributed by atoms with E-state index >= 15 is 0 Å². The molecule has 0 bridgehead atoms. The largest absolute Gasteiger partial charge is 0.497 e. The fraction of sp³-hybridized carbons (Fsp3) is 0.174. The van der Waals surface area contributed by atoms with E-state index in [-0.39, 0.29) is 0 Å². The first-order chi connectivity index (χ1) is 15.1. The minimum absolute atomic E-state index is 0.308. The topological polar surface area (TPSA) is 92.2 Å². The number of nitrogens with one attached hydrogen (secondary N) is 2. The molecule has 4 aromatic rings. The normalized spacial score (nSPS) is 11.7. The van der Waals surface area contributed by atoms with Gasteiger partial charge in [-0.1, -0.05) is 24.3 Å². The van der Waals surface area contributed by atoms with Crippen molar-refractivity contribution in [2.75, 3.05) is 24.3 Å². The molecule has 8 heteroatoms. The summed E-state index contributed by atoms with van der Waals surface area (Å²) in [6, 6.07) is 17.1. The van der Waals surface area contributed by atoms with Gasteiger partial charge in [0, 0.05) is 29.4 Å². The molecule has 2 aromatic carbocycles. The number of aliphatic hydroxyl groups excluding tert-OH is 1. The van der Waals surface area contributed by atoms with Crippen molar-refractivity contribution in [3.05, 3.63) is 76.7 Å². The summed E-state index contributed by atoms with van der Waals surface area (Å²) >= 11 is 1.63. The summed E-state index contributed by atoms with van der Waals surface area (Å²) in [6.45, 7) is 2.30. The highest BCUT2D eigenvalue weighted by Gasteiger charge is 2.10. The van der Waals surface area contributed by atoms with Gasteiger partial charge in [-0.15, -0.1) is 11.3 Å². The molecule has 0 aliphatic carbocycles. The van der Waals surface area contributed by atoms with E-state index in [1.54, 1.807) is 30.7 Å². The van der Waals surface area contributed by atoms with Gasteiger partial charge in [-0.2, -0.15) is 4.98 Å². The van der Waals surface area contributed by atoms with Crippen LogP contribution < -0.4 is 15.4 Å². The van der Waals surface area contributed by atoms with Gasteiger partial charge in [0.25, 0.3) is 0 Å². The summed E-state index contributed by atoms with van der Waals surface area (Å²) < 4.78 is 5.21. The molecule has 31 heavy (non-hydrogen) atoms. The molecule has 0 amide bonds. The van der Waals surface area contributed by atoms with Gasteiger partial charge in [-0.05, 0) is 42.8 Å². The van der Waals surface area contributed by atoms with Gasteiger partial charge in [0.15, 0.2) is 0 Å². The Morgan fingerprint density at radius 2 is 1.97 bits per heavy atom. The van der Waals surface area contributed by atoms with Crippen molar-refractivity contribution in [3.8, 4) is 17.0 Å². The standard InChI is InChI=1S/C23H23N5O2S/c1-15-26-20(14-31-15)16-5-3-7-18(11-16)27-23-24-10-9-22(28-23)25-13-21(29)17-6-4-8-19(12-17)30-2/h3-12,14,21,29H,13H2,1-2H3,(H2,24,25,27,28). The van der Waals surface area contributed by atoms with Crippen molar-refractivity contribution in [2.24, 2.45) is 0 Å². The summed E-state index contributed by atoms with van der Waals surface area (Å²) in [7, 11) is 1.60. The highest BCUT2D eigenvalue weighted by Crippen LogP contribution is 2.25. The third-order valence-corrected chi connectivity index (χ3v) is 5.42. The fourth-order valence-electron chi connectivity index (χ4n) is 3.07. The van der Waals surface area contributed by atoms with Crippen LogP contribution in [0, 0.1) is 6.92 Å². The second kappa shape index (κ2) is 9.55. The molecule has 0 aliphatic heterocycles. The number of rotatable bonds is 8. The third kappa shape index (κ3) is 5.36. The molecule has 158 valence electrons. The van der Waals surface area contributed by atoms with E-state index in [0.717, 1.165) is 27.5 Å². The van der Waals surface area contributed by atoms with Crippen molar-refractivity contribution < 1.29 is 9.84 Å². The van der Waals surface area contributed by atoms with Crippen LogP contribution in [0.5, 0.6) is 5.75 Å². The molecular weight excluding hydrogens is 410 g/mol. The second-order valence-corrected chi connectivity index (χ2v) is 7.96. The maximum Gasteiger partial charge on any atom is 0.229 e. The van der Waals surface area contributed by atoms with E-state index in [2.05, 4.69) is 25.6 Å². The molecule has 2 heterocycles. The lowest BCUT2D eigenvalue weighted by molar-refractivity contribution is 0.191. The lowest BCUT2D eigenvalue weighted by Gasteiger charge is -2.14. The van der Waals surface area contributed by atoms with Gasteiger partial charge >= 0.3 is 0 Å². The van der Waals surface area contributed by atoms with Gasteiger partial charge in [0.1, 0.15) is 11.6 Å². The minimum Gasteiger partial charge on any atom is -0.497 e. The van der Waals surface area contributed by atoms with Crippen LogP contribution in [0.25, 0.3) is 11.3 Å². The average Bonchev–Trinajstić information content (AvgIpc) is 3.24. The van der Waals surface area contributed by atoms with Gasteiger partial charge in [-0.25, -0.2) is 9.97 Å². The fourth-order valence-corrected chi connectivity index (χ4v) is 3.69. The first-order valence-corrected chi connectivity index (χ1v) is 10.7. The van der Waals surface area contributed by atoms with E-state index < -0.39 is 6.10 Å². The first kappa shape index (κ1) is 20.8. The van der Waals surface area contributed by atoms with Crippen molar-refractivity contribution in [2.45, 2.75) is 13.0 Å². The Kier molecular flexibility index (Phi) is 6.40. The van der Waals surface area contributed by atoms with Crippen LogP contribution in [0.15, 0.2) is 66.2 Å². The average molecular weight is 434 g/mol. The predicted octanol–water partition coefficient (Wildman–Crippen LogP) is 4.81. The smallest absolute Gasteiger partial charge is 0.229 e. The first-order valence-electron chi connectivity index (χ1n) is 9.79. The molecule has 1 atom stereocenters. The molecule has 1 unspecified atom stereocenters. The van der Waals surface area contributed by atoms with Crippen LogP contribution in [-0.2, 0) is 0 Å². The van der Waals surface area contributed by atoms with E-state index in [0.29, 0.717) is 24.1 Å². The van der Waals surface area contributed by atoms with Gasteiger partial charge < -0.3 is 20.5 Å². The molecule has 0 radical (unpaired) electrons. The molecule has 2 aromatic heterocycles. The Morgan fingerprint density at radius 3 is 2.77 bits per heavy atom. The summed E-state index contributed by atoms with van der Waals surface area (Å²) in [5, 5.41) is 19.9. The SMILES string of the molecule is COc1cccc(C(O)CNc2ccnc(Nc3cccc(-c4csc(C)n4)c3)n2)c1. The zero-order valence-corrected chi connectivity index (χ0v) is 18.1. The van der Waals surface area contributed by atoms with Crippen molar-refractivity contribution in [1.29, 1.82) is 0 Å². The van der Waals surface area contributed by atoms with E-state index in [4.69, 9.17) is 4.74 Å². The van der Waals surface area contributed by atoms with Crippen LogP contribution in [0.1, 0.15) is 16.7 Å². The molecule has 0 fully saturated rings. The Labute approximate surface area is 184 Å². The van der Waals surface area contributed by atoms with Crippen LogP contribution >= 0.6 is 11.3 Å². The highest BCUT2D eigenvalue weighted by molar-refractivity contribution is 7.09. The molecule has 4 rings (SSSR count). The second-order valence-electron chi connectivity index (χ2n) is 6.90. The summed E-state index contributed by atoms with van der Waals surface area (Å²) in [6.07, 6.45) is 0.975. The Morgan fingerprint density at radius 1 is 1.10 bits per heavy atom. The van der Waals surface area contributed by atoms with Gasteiger partial charge in [0.05, 0.1) is 23.9 Å². The van der Waals surface area contributed by atoms with Crippen LogP contribution in [0.4, 0.5) is 17.5 Å². The van der Waals surface area contributed by atoms with E-state index in [1.807, 2.05) is 60.8 Å². The lowest BCUT2D eigenvalue weighted by Crippen LogP contribution is -2.13. The third-order valence-electron chi connectivity index (χ3n) is 4.64. The van der Waals surface area contributed by atoms with Crippen LogP contribution in [0.2, 0.25) is 0 Å². The molecular formula is C23H23N5O2S. The molecule has 0 spiro atoms. The van der Waals surface area contributed by atoms with Crippen molar-refractivity contribution in [1.82, 2.24) is 15.0 Å². The Hall–Kier alpha value is -3.49. The zero-order chi connectivity index (χ0) is 21.6. The van der Waals surface area contributed by atoms with E-state index in [9.17, 15) is 5.11 Å². The van der Waals surface area contributed by atoms with Gasteiger partial charge in [0.2, 0.25) is 5.95 Å². The number of hydrogen-bond acceptors (Lipinski definition) is 8. The van der Waals surface area contributed by atoms with E-state index in [1.165, 1.54) is 0 Å². The monoisotopic (exact) mass is 433 g/mol. The maximum atomic E-state index is 10.5. The summed E-state index contributed by atoms with van der Waals surface area (Å²) in [4.78, 5) is 13.3. The quantitative estimate of drug-likeness (QED) is 0.367. The highest BCUT2D eigenvalue weighted by atomic mass is 32.1. The number of benzene rings is 2. The number of aliphatic hydroxyl groups is 1. The minimum atomic E-state index is -0.695. The molecule has 0 saturated heterocycles. The van der Waals surface area contributed by atoms with Crippen LogP contribution in [0.3, 0.4) is 0 Å². The maximum absolute atomic E-state index is 10.5. The molecule has 3 N–H and O–H groups in total. The van der Waals surface area contributed by atoms with Crippen molar-refractivity contribution in [3.63, 3.8) is 0 Å². The summed E-state index contributed by atoms with van der Waals surface area (Å²) in [5.74, 6) is 1.79. The number of anilines is 3. The molecule has 0 aliphatic rings. The number of aromatic nitrogens is 3. The number of hydrogen-bond donors (Lipinski definition) is 3. The zero-order valence-electron chi connectivity index (χ0n) is 17.2. The number of methoxy groups -OCH3 is 1. The molecule has 0 saturated carbocycles. The van der Waals surface area contributed by atoms with Gasteiger partial charge in [-0.3, -0.25) is 0 Å². The lowest BCUT2D eigenvalue weighted by atomic mass is 10.1. The molecule has 7 nitrogen and oxygen atoms in total. The number of nitrogens with zero attached hydrogens (tertiary/aromatic N) is 3. The number of aryl methyl sites for hydroxylation is 1. The Bertz CT molecular complexity index is 1160. The number of thiazole rings is 1.